The maximum Gasteiger partial charge on any atom is 0.178 e. The molecule has 3 N–H and O–H groups in total. The normalized spacial score (nSPS) is 25.4. The van der Waals surface area contributed by atoms with Crippen LogP contribution in [0.25, 0.3) is 0 Å². The van der Waals surface area contributed by atoms with Crippen molar-refractivity contribution < 1.29 is 4.79 Å². The fourth-order valence-electron chi connectivity index (χ4n) is 2.48. The minimum absolute atomic E-state index is 0.243. The quantitative estimate of drug-likeness (QED) is 0.618. The predicted octanol–water partition coefficient (Wildman–Crippen LogP) is 3.86. The van der Waals surface area contributed by atoms with Gasteiger partial charge in [0.1, 0.15) is 5.00 Å². The topological polar surface area (TPSA) is 55.1 Å². The summed E-state index contributed by atoms with van der Waals surface area (Å²) in [6.07, 6.45) is 6.57. The van der Waals surface area contributed by atoms with Crippen LogP contribution >= 0.6 is 23.1 Å². The summed E-state index contributed by atoms with van der Waals surface area (Å²) < 4.78 is 0. The molecule has 5 heteroatoms. The molecule has 2 atom stereocenters. The number of nitrogens with one attached hydrogen (secondary N) is 1. The summed E-state index contributed by atoms with van der Waals surface area (Å²) in [6, 6.07) is 0.581. The molecule has 2 unspecified atom stereocenters. The van der Waals surface area contributed by atoms with Crippen LogP contribution in [-0.4, -0.2) is 18.1 Å². The molecule has 104 valence electrons. The van der Waals surface area contributed by atoms with Gasteiger partial charge in [-0.15, -0.1) is 23.1 Å². The Bertz CT molecular complexity index is 508. The lowest BCUT2D eigenvalue weighted by Crippen LogP contribution is -2.03. The van der Waals surface area contributed by atoms with Gasteiger partial charge in [0, 0.05) is 12.0 Å². The second-order valence-corrected chi connectivity index (χ2v) is 7.34. The Labute approximate surface area is 122 Å². The number of nitrogens with two attached hydrogens (primary N) is 1. The number of ketones is 1. The van der Waals surface area contributed by atoms with Crippen LogP contribution in [0.4, 0.5) is 10.7 Å². The van der Waals surface area contributed by atoms with E-state index in [0.717, 1.165) is 33.5 Å². The molecular formula is C14H20N2OS2. The van der Waals surface area contributed by atoms with E-state index in [2.05, 4.69) is 12.2 Å². The third-order valence-corrected chi connectivity index (χ3v) is 6.15. The molecule has 3 rings (SSSR count). The van der Waals surface area contributed by atoms with Crippen molar-refractivity contribution in [3.8, 4) is 0 Å². The molecule has 1 aromatic rings. The molecule has 0 aliphatic heterocycles. The van der Waals surface area contributed by atoms with Gasteiger partial charge in [-0.3, -0.25) is 4.79 Å². The minimum atomic E-state index is 0.243. The summed E-state index contributed by atoms with van der Waals surface area (Å²) in [5, 5.41) is 4.68. The van der Waals surface area contributed by atoms with E-state index in [4.69, 9.17) is 5.73 Å². The molecule has 0 bridgehead atoms. The lowest BCUT2D eigenvalue weighted by molar-refractivity contribution is 0.0972. The summed E-state index contributed by atoms with van der Waals surface area (Å²) in [7, 11) is 0. The Balaban J connectivity index is 1.82. The first kappa shape index (κ1) is 13.3. The summed E-state index contributed by atoms with van der Waals surface area (Å²) in [5.41, 5.74) is 6.87. The molecular weight excluding hydrogens is 276 g/mol. The van der Waals surface area contributed by atoms with Gasteiger partial charge < -0.3 is 11.1 Å². The first-order valence-electron chi connectivity index (χ1n) is 6.92. The van der Waals surface area contributed by atoms with Crippen molar-refractivity contribution in [2.24, 2.45) is 11.8 Å². The third-order valence-electron chi connectivity index (χ3n) is 4.04. The van der Waals surface area contributed by atoms with Crippen molar-refractivity contribution >= 4 is 39.6 Å². The zero-order valence-electron chi connectivity index (χ0n) is 11.4. The van der Waals surface area contributed by atoms with Gasteiger partial charge in [0.15, 0.2) is 5.78 Å². The van der Waals surface area contributed by atoms with Crippen molar-refractivity contribution in [3.63, 3.8) is 0 Å². The highest BCUT2D eigenvalue weighted by atomic mass is 32.2. The van der Waals surface area contributed by atoms with Gasteiger partial charge >= 0.3 is 0 Å². The van der Waals surface area contributed by atoms with Crippen molar-refractivity contribution in [3.05, 3.63) is 4.88 Å². The van der Waals surface area contributed by atoms with Gasteiger partial charge in [-0.1, -0.05) is 13.3 Å². The van der Waals surface area contributed by atoms with Gasteiger partial charge in [0.25, 0.3) is 0 Å². The van der Waals surface area contributed by atoms with E-state index in [9.17, 15) is 4.79 Å². The number of hydrogen-bond acceptors (Lipinski definition) is 5. The molecule has 0 saturated heterocycles. The number of carbonyl (C=O) groups excluding carboxylic acids is 1. The highest BCUT2D eigenvalue weighted by Crippen LogP contribution is 2.47. The molecule has 0 spiro atoms. The lowest BCUT2D eigenvalue weighted by atomic mass is 10.2. The van der Waals surface area contributed by atoms with Crippen LogP contribution in [0.15, 0.2) is 4.90 Å². The summed E-state index contributed by atoms with van der Waals surface area (Å²) in [5.74, 6) is 1.29. The lowest BCUT2D eigenvalue weighted by Gasteiger charge is -2.04. The Hall–Kier alpha value is -0.680. The van der Waals surface area contributed by atoms with Gasteiger partial charge in [-0.25, -0.2) is 0 Å². The zero-order chi connectivity index (χ0) is 13.6. The third kappa shape index (κ3) is 2.50. The van der Waals surface area contributed by atoms with Crippen LogP contribution in [0.2, 0.25) is 0 Å². The number of nitrogen functional groups attached to an aromatic ring is 1. The number of thiophene rings is 1. The largest absolute Gasteiger partial charge is 0.396 e. The van der Waals surface area contributed by atoms with Crippen molar-refractivity contribution in [2.75, 3.05) is 17.3 Å². The smallest absolute Gasteiger partial charge is 0.178 e. The first-order valence-corrected chi connectivity index (χ1v) is 8.96. The second-order valence-electron chi connectivity index (χ2n) is 5.50. The van der Waals surface area contributed by atoms with Gasteiger partial charge in [0.2, 0.25) is 0 Å². The van der Waals surface area contributed by atoms with Gasteiger partial charge in [-0.05, 0) is 31.4 Å². The molecule has 0 aromatic carbocycles. The van der Waals surface area contributed by atoms with E-state index >= 15 is 0 Å². The SMILES string of the molecule is CCC1CC1Nc1sc(C(=O)C2CC2)c(N)c1SC. The maximum atomic E-state index is 12.2. The predicted molar refractivity (Wildman–Crippen MR) is 83.4 cm³/mol. The van der Waals surface area contributed by atoms with E-state index in [1.807, 2.05) is 6.26 Å². The highest BCUT2D eigenvalue weighted by Gasteiger charge is 2.38. The molecule has 1 aromatic heterocycles. The molecule has 1 heterocycles. The van der Waals surface area contributed by atoms with Crippen molar-refractivity contribution in [1.82, 2.24) is 0 Å². The number of thioether (sulfide) groups is 1. The molecule has 0 amide bonds. The number of Topliss-reactive ketones (excluding diaryl/α,β-unsaturated/α-hetero) is 1. The number of hydrogen-bond donors (Lipinski definition) is 2. The number of anilines is 2. The molecule has 19 heavy (non-hydrogen) atoms. The molecule has 2 aliphatic rings. The van der Waals surface area contributed by atoms with Crippen LogP contribution < -0.4 is 11.1 Å². The number of carbonyl (C=O) groups is 1. The molecule has 2 fully saturated rings. The molecule has 2 saturated carbocycles. The van der Waals surface area contributed by atoms with Crippen LogP contribution in [0.5, 0.6) is 0 Å². The molecule has 3 nitrogen and oxygen atoms in total. The molecule has 2 aliphatic carbocycles. The Morgan fingerprint density at radius 2 is 2.26 bits per heavy atom. The summed E-state index contributed by atoms with van der Waals surface area (Å²) in [6.45, 7) is 2.23. The highest BCUT2D eigenvalue weighted by molar-refractivity contribution is 7.99. The standard InChI is InChI=1S/C14H20N2OS2/c1-3-7-6-9(7)16-14-13(18-2)10(15)12(19-14)11(17)8-4-5-8/h7-9,16H,3-6,15H2,1-2H3. The van der Waals surface area contributed by atoms with Gasteiger partial charge in [-0.2, -0.15) is 0 Å². The van der Waals surface area contributed by atoms with Crippen LogP contribution in [-0.2, 0) is 0 Å². The Morgan fingerprint density at radius 3 is 2.79 bits per heavy atom. The van der Waals surface area contributed by atoms with E-state index < -0.39 is 0 Å². The van der Waals surface area contributed by atoms with Crippen LogP contribution in [0.1, 0.15) is 42.3 Å². The van der Waals surface area contributed by atoms with Crippen molar-refractivity contribution in [1.29, 1.82) is 0 Å². The second kappa shape index (κ2) is 5.02. The summed E-state index contributed by atoms with van der Waals surface area (Å²) >= 11 is 3.20. The van der Waals surface area contributed by atoms with E-state index in [1.54, 1.807) is 23.1 Å². The average Bonchev–Trinajstić information content (AvgIpc) is 3.28. The minimum Gasteiger partial charge on any atom is -0.396 e. The first-order chi connectivity index (χ1) is 9.15. The van der Waals surface area contributed by atoms with Crippen LogP contribution in [0.3, 0.4) is 0 Å². The number of rotatable bonds is 6. The summed E-state index contributed by atoms with van der Waals surface area (Å²) in [4.78, 5) is 14.1. The molecule has 0 radical (unpaired) electrons. The maximum absolute atomic E-state index is 12.2. The van der Waals surface area contributed by atoms with Gasteiger partial charge in [0.05, 0.1) is 15.5 Å². The van der Waals surface area contributed by atoms with E-state index in [-0.39, 0.29) is 11.7 Å². The fraction of sp³-hybridized carbons (Fsp3) is 0.643. The fourth-order valence-corrected chi connectivity index (χ4v) is 4.59. The van der Waals surface area contributed by atoms with Crippen molar-refractivity contribution in [2.45, 2.75) is 43.5 Å². The Morgan fingerprint density at radius 1 is 1.53 bits per heavy atom. The average molecular weight is 296 g/mol. The monoisotopic (exact) mass is 296 g/mol. The van der Waals surface area contributed by atoms with E-state index in [0.29, 0.717) is 11.7 Å². The zero-order valence-corrected chi connectivity index (χ0v) is 13.0. The Kier molecular flexibility index (Phi) is 3.52. The van der Waals surface area contributed by atoms with Crippen LogP contribution in [0, 0.1) is 11.8 Å². The van der Waals surface area contributed by atoms with E-state index in [1.165, 1.54) is 12.8 Å².